The summed E-state index contributed by atoms with van der Waals surface area (Å²) in [5.74, 6) is 1.42. The van der Waals surface area contributed by atoms with Crippen molar-refractivity contribution < 1.29 is 4.42 Å². The molecule has 2 nitrogen and oxygen atoms in total. The molecular formula is C16H12O2. The van der Waals surface area contributed by atoms with Crippen LogP contribution in [0.5, 0.6) is 0 Å². The molecule has 88 valence electrons. The number of benzene rings is 2. The summed E-state index contributed by atoms with van der Waals surface area (Å²) < 4.78 is 5.81. The van der Waals surface area contributed by atoms with E-state index >= 15 is 0 Å². The third kappa shape index (κ3) is 1.82. The van der Waals surface area contributed by atoms with Crippen LogP contribution in [0.3, 0.4) is 0 Å². The first-order valence-electron chi connectivity index (χ1n) is 5.84. The fourth-order valence-corrected chi connectivity index (χ4v) is 2.08. The highest BCUT2D eigenvalue weighted by Crippen LogP contribution is 2.30. The first kappa shape index (κ1) is 10.8. The van der Waals surface area contributed by atoms with Gasteiger partial charge >= 0.3 is 0 Å². The van der Waals surface area contributed by atoms with E-state index in [0.717, 1.165) is 22.5 Å². The van der Waals surface area contributed by atoms with Gasteiger partial charge in [0.1, 0.15) is 11.5 Å². The maximum absolute atomic E-state index is 11.4. The number of hydrogen-bond acceptors (Lipinski definition) is 2. The topological polar surface area (TPSA) is 30.2 Å². The smallest absolute Gasteiger partial charge is 0.182 e. The fraction of sp³-hybridized carbons (Fsp3) is 0.0625. The highest BCUT2D eigenvalue weighted by Gasteiger charge is 2.11. The lowest BCUT2D eigenvalue weighted by Gasteiger charge is -2.10. The molecule has 1 aliphatic heterocycles. The second-order valence-electron chi connectivity index (χ2n) is 4.32. The summed E-state index contributed by atoms with van der Waals surface area (Å²) in [6, 6.07) is 16.8. The third-order valence-corrected chi connectivity index (χ3v) is 3.00. The molecule has 1 aliphatic carbocycles. The van der Waals surface area contributed by atoms with E-state index in [4.69, 9.17) is 4.42 Å². The van der Waals surface area contributed by atoms with Crippen molar-refractivity contribution >= 4 is 0 Å². The molecule has 0 saturated heterocycles. The quantitative estimate of drug-likeness (QED) is 0.644. The molecular weight excluding hydrogens is 224 g/mol. The van der Waals surface area contributed by atoms with Gasteiger partial charge in [-0.1, -0.05) is 30.3 Å². The van der Waals surface area contributed by atoms with Gasteiger partial charge in [0.15, 0.2) is 5.43 Å². The monoisotopic (exact) mass is 236 g/mol. The van der Waals surface area contributed by atoms with Crippen molar-refractivity contribution in [2.45, 2.75) is 6.92 Å². The van der Waals surface area contributed by atoms with Crippen molar-refractivity contribution in [2.24, 2.45) is 0 Å². The Hall–Kier alpha value is -2.35. The molecule has 0 fully saturated rings. The van der Waals surface area contributed by atoms with Crippen LogP contribution in [0.25, 0.3) is 22.6 Å². The van der Waals surface area contributed by atoms with Gasteiger partial charge in [0.25, 0.3) is 0 Å². The highest BCUT2D eigenvalue weighted by atomic mass is 16.3. The zero-order valence-electron chi connectivity index (χ0n) is 10.0. The molecule has 0 atom stereocenters. The Balaban J connectivity index is 2.28. The maximum atomic E-state index is 11.4. The van der Waals surface area contributed by atoms with Crippen LogP contribution >= 0.6 is 0 Å². The van der Waals surface area contributed by atoms with Crippen molar-refractivity contribution in [3.8, 4) is 22.6 Å². The van der Waals surface area contributed by atoms with Gasteiger partial charge in [-0.15, -0.1) is 0 Å². The summed E-state index contributed by atoms with van der Waals surface area (Å²) in [5.41, 5.74) is 3.07. The minimum absolute atomic E-state index is 0.0316. The molecule has 2 heteroatoms. The van der Waals surface area contributed by atoms with Crippen molar-refractivity contribution in [2.75, 3.05) is 0 Å². The van der Waals surface area contributed by atoms with Crippen LogP contribution in [-0.4, -0.2) is 0 Å². The van der Waals surface area contributed by atoms with E-state index < -0.39 is 0 Å². The molecule has 1 aromatic carbocycles. The van der Waals surface area contributed by atoms with Gasteiger partial charge in [-0.2, -0.15) is 0 Å². The zero-order valence-corrected chi connectivity index (χ0v) is 10.0. The standard InChI is InChI=1S/C16H12O2/c1-11-9-15(12-5-3-2-4-6-12)18-16-10-13(17)7-8-14(11)16/h2-10H,1H3. The molecule has 0 amide bonds. The van der Waals surface area contributed by atoms with E-state index in [9.17, 15) is 4.79 Å². The molecule has 0 aromatic heterocycles. The molecule has 0 unspecified atom stereocenters. The average Bonchev–Trinajstić information content (AvgIpc) is 2.39. The predicted octanol–water partition coefficient (Wildman–Crippen LogP) is 3.72. The molecule has 0 spiro atoms. The predicted molar refractivity (Wildman–Crippen MR) is 71.8 cm³/mol. The van der Waals surface area contributed by atoms with E-state index in [-0.39, 0.29) is 5.43 Å². The summed E-state index contributed by atoms with van der Waals surface area (Å²) in [6.07, 6.45) is 0. The second kappa shape index (κ2) is 4.15. The minimum atomic E-state index is -0.0316. The first-order valence-corrected chi connectivity index (χ1v) is 5.84. The van der Waals surface area contributed by atoms with E-state index in [2.05, 4.69) is 0 Å². The Morgan fingerprint density at radius 3 is 2.44 bits per heavy atom. The van der Waals surface area contributed by atoms with Gasteiger partial charge in [0.05, 0.1) is 0 Å². The average molecular weight is 236 g/mol. The largest absolute Gasteiger partial charge is 0.456 e. The molecule has 1 aromatic rings. The third-order valence-electron chi connectivity index (χ3n) is 3.00. The first-order chi connectivity index (χ1) is 8.74. The van der Waals surface area contributed by atoms with Crippen molar-refractivity contribution in [3.05, 3.63) is 70.4 Å². The van der Waals surface area contributed by atoms with Gasteiger partial charge in [-0.05, 0) is 30.7 Å². The zero-order chi connectivity index (χ0) is 12.5. The van der Waals surface area contributed by atoms with Crippen LogP contribution in [0.15, 0.2) is 63.8 Å². The van der Waals surface area contributed by atoms with Crippen LogP contribution in [0.2, 0.25) is 0 Å². The Labute approximate surface area is 105 Å². The van der Waals surface area contributed by atoms with Gasteiger partial charge < -0.3 is 4.42 Å². The van der Waals surface area contributed by atoms with Crippen molar-refractivity contribution in [3.63, 3.8) is 0 Å². The molecule has 0 N–H and O–H groups in total. The summed E-state index contributed by atoms with van der Waals surface area (Å²) in [7, 11) is 0. The summed E-state index contributed by atoms with van der Waals surface area (Å²) in [4.78, 5) is 11.4. The highest BCUT2D eigenvalue weighted by molar-refractivity contribution is 5.68. The summed E-state index contributed by atoms with van der Waals surface area (Å²) in [6.45, 7) is 2.02. The Morgan fingerprint density at radius 1 is 0.889 bits per heavy atom. The number of fused-ring (bicyclic) bond motifs is 1. The molecule has 0 radical (unpaired) electrons. The lowest BCUT2D eigenvalue weighted by atomic mass is 10.0. The van der Waals surface area contributed by atoms with Gasteiger partial charge in [-0.25, -0.2) is 0 Å². The van der Waals surface area contributed by atoms with E-state index in [1.165, 1.54) is 6.07 Å². The SMILES string of the molecule is Cc1cc(-c2ccccc2)oc2cc(=O)ccc1-2. The lowest BCUT2D eigenvalue weighted by molar-refractivity contribution is 0.579. The van der Waals surface area contributed by atoms with Crippen LogP contribution < -0.4 is 5.43 Å². The maximum Gasteiger partial charge on any atom is 0.182 e. The number of hydrogen-bond donors (Lipinski definition) is 0. The number of aryl methyl sites for hydroxylation is 1. The molecule has 18 heavy (non-hydrogen) atoms. The van der Waals surface area contributed by atoms with Crippen LogP contribution in [0.1, 0.15) is 5.56 Å². The van der Waals surface area contributed by atoms with Gasteiger partial charge in [0, 0.05) is 17.2 Å². The van der Waals surface area contributed by atoms with Crippen molar-refractivity contribution in [1.29, 1.82) is 0 Å². The van der Waals surface area contributed by atoms with Crippen LogP contribution in [0, 0.1) is 6.92 Å². The Morgan fingerprint density at radius 2 is 1.67 bits per heavy atom. The summed E-state index contributed by atoms with van der Waals surface area (Å²) in [5, 5.41) is 0. The Kier molecular flexibility index (Phi) is 2.49. The van der Waals surface area contributed by atoms with Gasteiger partial charge in [-0.3, -0.25) is 4.79 Å². The lowest BCUT2D eigenvalue weighted by Crippen LogP contribution is -1.99. The molecule has 3 rings (SSSR count). The summed E-state index contributed by atoms with van der Waals surface area (Å²) >= 11 is 0. The normalized spacial score (nSPS) is 10.7. The molecule has 2 aliphatic rings. The second-order valence-corrected chi connectivity index (χ2v) is 4.32. The number of rotatable bonds is 1. The van der Waals surface area contributed by atoms with Gasteiger partial charge in [0.2, 0.25) is 0 Å². The Bertz CT molecular complexity index is 711. The fourth-order valence-electron chi connectivity index (χ4n) is 2.08. The van der Waals surface area contributed by atoms with Crippen molar-refractivity contribution in [1.82, 2.24) is 0 Å². The molecule has 0 saturated carbocycles. The minimum Gasteiger partial charge on any atom is -0.456 e. The van der Waals surface area contributed by atoms with E-state index in [1.807, 2.05) is 49.4 Å². The molecule has 0 bridgehead atoms. The van der Waals surface area contributed by atoms with Crippen LogP contribution in [0.4, 0.5) is 0 Å². The van der Waals surface area contributed by atoms with E-state index in [0.29, 0.717) is 5.76 Å². The van der Waals surface area contributed by atoms with E-state index in [1.54, 1.807) is 6.07 Å². The molecule has 1 heterocycles. The van der Waals surface area contributed by atoms with Crippen LogP contribution in [-0.2, 0) is 0 Å².